The quantitative estimate of drug-likeness (QED) is 0.166. The molecule has 1 unspecified atom stereocenters. The molecule has 3 aromatic carbocycles. The van der Waals surface area contributed by atoms with Crippen molar-refractivity contribution in [1.29, 1.82) is 0 Å². The molecule has 1 amide bonds. The Morgan fingerprint density at radius 2 is 1.67 bits per heavy atom. The summed E-state index contributed by atoms with van der Waals surface area (Å²) in [5.41, 5.74) is 4.11. The molecule has 1 atom stereocenters. The van der Waals surface area contributed by atoms with E-state index in [1.165, 1.54) is 23.5 Å². The minimum Gasteiger partial charge on any atom is -0.497 e. The average Bonchev–Trinajstić information content (AvgIpc) is 3.69. The van der Waals surface area contributed by atoms with Crippen LogP contribution in [0.2, 0.25) is 0 Å². The number of aromatic nitrogens is 2. The van der Waals surface area contributed by atoms with Crippen molar-refractivity contribution >= 4 is 51.1 Å². The molecule has 0 spiro atoms. The number of thioether (sulfide) groups is 2. The van der Waals surface area contributed by atoms with E-state index in [9.17, 15) is 9.59 Å². The number of hydrogen-bond acceptors (Lipinski definition) is 8. The molecule has 214 valence electrons. The van der Waals surface area contributed by atoms with Crippen molar-refractivity contribution in [2.24, 2.45) is 5.10 Å². The molecular weight excluding hydrogens is 636 g/mol. The van der Waals surface area contributed by atoms with E-state index < -0.39 is 0 Å². The molecule has 0 saturated carbocycles. The number of aryl methyl sites for hydroxylation is 1. The van der Waals surface area contributed by atoms with E-state index in [0.717, 1.165) is 50.7 Å². The van der Waals surface area contributed by atoms with Gasteiger partial charge in [0.2, 0.25) is 0 Å². The van der Waals surface area contributed by atoms with Crippen LogP contribution in [-0.4, -0.2) is 51.9 Å². The molecule has 1 aromatic heterocycles. The van der Waals surface area contributed by atoms with Crippen molar-refractivity contribution in [2.45, 2.75) is 28.9 Å². The Kier molecular flexibility index (Phi) is 8.41. The normalized spacial score (nSPS) is 15.8. The summed E-state index contributed by atoms with van der Waals surface area (Å²) in [6.07, 6.45) is 1.30. The zero-order valence-electron chi connectivity index (χ0n) is 23.0. The number of fused-ring (bicyclic) bond motifs is 1. The highest BCUT2D eigenvalue weighted by Crippen LogP contribution is 2.35. The number of rotatable bonds is 8. The number of carbonyl (C=O) groups is 1. The maximum absolute atomic E-state index is 13.8. The first kappa shape index (κ1) is 28.6. The summed E-state index contributed by atoms with van der Waals surface area (Å²) < 4.78 is 13.2. The van der Waals surface area contributed by atoms with Gasteiger partial charge >= 0.3 is 0 Å². The Morgan fingerprint density at radius 3 is 2.33 bits per heavy atom. The van der Waals surface area contributed by atoms with Crippen LogP contribution < -0.4 is 15.0 Å². The van der Waals surface area contributed by atoms with Crippen LogP contribution in [-0.2, 0) is 11.2 Å². The smallest absolute Gasteiger partial charge is 0.272 e. The summed E-state index contributed by atoms with van der Waals surface area (Å²) in [5, 5.41) is 6.88. The number of hydrogen-bond donors (Lipinski definition) is 0. The molecule has 0 bridgehead atoms. The van der Waals surface area contributed by atoms with Crippen molar-refractivity contribution in [3.05, 3.63) is 104 Å². The second kappa shape index (κ2) is 12.4. The molecule has 0 saturated heterocycles. The number of hydrazone groups is 1. The second-order valence-corrected chi connectivity index (χ2v) is 12.6. The highest BCUT2D eigenvalue weighted by atomic mass is 79.9. The van der Waals surface area contributed by atoms with Crippen LogP contribution in [0.3, 0.4) is 0 Å². The maximum Gasteiger partial charge on any atom is 0.272 e. The number of halogens is 1. The van der Waals surface area contributed by atoms with Gasteiger partial charge in [0.15, 0.2) is 5.16 Å². The number of carbonyl (C=O) groups excluding carboxylic acids is 1. The van der Waals surface area contributed by atoms with Gasteiger partial charge in [0.25, 0.3) is 11.5 Å². The fourth-order valence-corrected chi connectivity index (χ4v) is 7.15. The van der Waals surface area contributed by atoms with Gasteiger partial charge in [-0.3, -0.25) is 14.2 Å². The lowest BCUT2D eigenvalue weighted by Gasteiger charge is -2.22. The first-order chi connectivity index (χ1) is 20.4. The Labute approximate surface area is 260 Å². The van der Waals surface area contributed by atoms with Crippen molar-refractivity contribution in [2.75, 3.05) is 25.7 Å². The van der Waals surface area contributed by atoms with Crippen molar-refractivity contribution < 1.29 is 14.3 Å². The lowest BCUT2D eigenvalue weighted by molar-refractivity contribution is -0.130. The zero-order valence-corrected chi connectivity index (χ0v) is 26.2. The van der Waals surface area contributed by atoms with E-state index >= 15 is 0 Å². The summed E-state index contributed by atoms with van der Waals surface area (Å²) >= 11 is 6.26. The largest absolute Gasteiger partial charge is 0.497 e. The highest BCUT2D eigenvalue weighted by molar-refractivity contribution is 9.10. The van der Waals surface area contributed by atoms with Crippen LogP contribution >= 0.6 is 39.5 Å². The van der Waals surface area contributed by atoms with Gasteiger partial charge in [-0.1, -0.05) is 39.8 Å². The third-order valence-electron chi connectivity index (χ3n) is 7.17. The minimum absolute atomic E-state index is 0.0704. The van der Waals surface area contributed by atoms with Gasteiger partial charge in [-0.05, 0) is 71.8 Å². The van der Waals surface area contributed by atoms with E-state index in [2.05, 4.69) is 15.9 Å². The van der Waals surface area contributed by atoms with Crippen LogP contribution in [0.25, 0.3) is 5.69 Å². The molecule has 0 aliphatic carbocycles. The van der Waals surface area contributed by atoms with Gasteiger partial charge in [0.05, 0.1) is 48.0 Å². The second-order valence-electron chi connectivity index (χ2n) is 9.68. The summed E-state index contributed by atoms with van der Waals surface area (Å²) in [5.74, 6) is 2.22. The van der Waals surface area contributed by atoms with Crippen molar-refractivity contribution in [3.8, 4) is 17.2 Å². The number of methoxy groups -OCH3 is 2. The third-order valence-corrected chi connectivity index (χ3v) is 9.73. The molecule has 2 aliphatic heterocycles. The van der Waals surface area contributed by atoms with Crippen molar-refractivity contribution in [1.82, 2.24) is 14.6 Å². The Hall–Kier alpha value is -3.54. The first-order valence-corrected chi connectivity index (χ1v) is 16.1. The zero-order chi connectivity index (χ0) is 29.2. The van der Waals surface area contributed by atoms with E-state index in [1.54, 1.807) is 23.8 Å². The minimum atomic E-state index is -0.279. The predicted molar refractivity (Wildman–Crippen MR) is 169 cm³/mol. The van der Waals surface area contributed by atoms with E-state index in [1.807, 2.05) is 72.8 Å². The highest BCUT2D eigenvalue weighted by Gasteiger charge is 2.33. The van der Waals surface area contributed by atoms with Gasteiger partial charge in [-0.2, -0.15) is 5.10 Å². The molecule has 3 heterocycles. The molecule has 0 N–H and O–H groups in total. The van der Waals surface area contributed by atoms with Crippen LogP contribution in [0, 0.1) is 0 Å². The van der Waals surface area contributed by atoms with E-state index in [4.69, 9.17) is 19.6 Å². The lowest BCUT2D eigenvalue weighted by Crippen LogP contribution is -2.29. The summed E-state index contributed by atoms with van der Waals surface area (Å²) in [7, 11) is 3.26. The van der Waals surface area contributed by atoms with Gasteiger partial charge < -0.3 is 9.47 Å². The maximum atomic E-state index is 13.8. The molecule has 6 rings (SSSR count). The molecule has 0 radical (unpaired) electrons. The molecular formula is C31H27BrN4O4S2. The average molecular weight is 664 g/mol. The van der Waals surface area contributed by atoms with Crippen LogP contribution in [0.4, 0.5) is 0 Å². The molecule has 4 aromatic rings. The lowest BCUT2D eigenvalue weighted by atomic mass is 9.98. The number of ether oxygens (including phenoxy) is 2. The van der Waals surface area contributed by atoms with Crippen molar-refractivity contribution in [3.63, 3.8) is 0 Å². The van der Waals surface area contributed by atoms with Crippen LogP contribution in [0.5, 0.6) is 11.5 Å². The van der Waals surface area contributed by atoms with Crippen LogP contribution in [0.15, 0.2) is 97.2 Å². The Balaban J connectivity index is 1.31. The van der Waals surface area contributed by atoms with Gasteiger partial charge in [-0.25, -0.2) is 9.99 Å². The molecule has 8 nitrogen and oxygen atoms in total. The Bertz CT molecular complexity index is 1710. The van der Waals surface area contributed by atoms with Gasteiger partial charge in [-0.15, -0.1) is 11.8 Å². The summed E-state index contributed by atoms with van der Waals surface area (Å²) in [6, 6.07) is 22.6. The first-order valence-electron chi connectivity index (χ1n) is 13.3. The Morgan fingerprint density at radius 1 is 1.00 bits per heavy atom. The molecule has 2 aliphatic rings. The number of benzene rings is 3. The van der Waals surface area contributed by atoms with Crippen LogP contribution in [0.1, 0.15) is 29.3 Å². The predicted octanol–water partition coefficient (Wildman–Crippen LogP) is 6.13. The standard InChI is InChI=1S/C31H27BrN4O4S2/c1-39-23-11-3-19(4-12-23)26-17-27(20-5-13-24(40-2)14-6-20)36(34-26)28(37)18-42-31-33-25-15-16-41-29(25)30(38)35(31)22-9-7-21(32)8-10-22/h3-14,27H,15-18H2,1-2H3. The fraction of sp³-hybridized carbons (Fsp3) is 0.226. The monoisotopic (exact) mass is 662 g/mol. The molecule has 11 heteroatoms. The third kappa shape index (κ3) is 5.73. The SMILES string of the molecule is COc1ccc(C2=NN(C(=O)CSc3nc4c(c(=O)n3-c3ccc(Br)cc3)SCC4)C(c3ccc(OC)cc3)C2)cc1. The summed E-state index contributed by atoms with van der Waals surface area (Å²) in [4.78, 5) is 32.9. The summed E-state index contributed by atoms with van der Waals surface area (Å²) in [6.45, 7) is 0. The topological polar surface area (TPSA) is 86.0 Å². The van der Waals surface area contributed by atoms with Gasteiger partial charge in [0, 0.05) is 23.1 Å². The molecule has 42 heavy (non-hydrogen) atoms. The fourth-order valence-electron chi connectivity index (χ4n) is 4.98. The van der Waals surface area contributed by atoms with E-state index in [-0.39, 0.29) is 23.3 Å². The number of amides is 1. The molecule has 0 fully saturated rings. The number of nitrogens with zero attached hydrogens (tertiary/aromatic N) is 4. The van der Waals surface area contributed by atoms with Gasteiger partial charge in [0.1, 0.15) is 11.5 Å². The van der Waals surface area contributed by atoms with E-state index in [0.29, 0.717) is 22.2 Å².